The molecule has 0 radical (unpaired) electrons. The number of fused-ring (bicyclic) bond motifs is 2. The summed E-state index contributed by atoms with van der Waals surface area (Å²) in [6.45, 7) is 14.8. The van der Waals surface area contributed by atoms with Crippen molar-refractivity contribution < 1.29 is 43.3 Å². The Bertz CT molecular complexity index is 2640. The first-order valence-corrected chi connectivity index (χ1v) is 26.3. The van der Waals surface area contributed by atoms with Crippen LogP contribution in [0.4, 0.5) is 26.0 Å². The van der Waals surface area contributed by atoms with Gasteiger partial charge in [-0.05, 0) is 124 Å². The number of carboxylic acid groups (broad SMARTS) is 1. The maximum absolute atomic E-state index is 13.5. The van der Waals surface area contributed by atoms with Gasteiger partial charge in [-0.1, -0.05) is 21.3 Å². The van der Waals surface area contributed by atoms with Crippen molar-refractivity contribution in [2.75, 3.05) is 63.3 Å². The minimum Gasteiger partial charge on any atom is -0.480 e. The minimum atomic E-state index is -0.997. The molecule has 0 unspecified atom stereocenters. The molecule has 8 heterocycles. The normalized spacial score (nSPS) is 22.1. The Hall–Kier alpha value is -6.49. The highest BCUT2D eigenvalue weighted by Crippen LogP contribution is 2.38. The number of piperidine rings is 2. The zero-order chi connectivity index (χ0) is 52.8. The van der Waals surface area contributed by atoms with Crippen molar-refractivity contribution in [1.82, 2.24) is 55.4 Å². The molecular formula is C53H84N14O9. The number of ether oxygens (including phenoxy) is 3. The van der Waals surface area contributed by atoms with Gasteiger partial charge in [-0.3, -0.25) is 4.79 Å². The quantitative estimate of drug-likeness (QED) is 0.0913. The number of nitrogens with zero attached hydrogens (tertiary/aromatic N) is 9. The molecule has 7 N–H and O–H groups in total. The molecule has 4 aromatic heterocycles. The van der Waals surface area contributed by atoms with Crippen molar-refractivity contribution in [3.8, 4) is 0 Å². The van der Waals surface area contributed by atoms with Crippen LogP contribution >= 0.6 is 0 Å². The number of nitrogens with one attached hydrogen (secondary N) is 4. The molecule has 23 nitrogen and oxygen atoms in total. The number of aliphatic carboxylic acids is 1. The van der Waals surface area contributed by atoms with E-state index in [0.29, 0.717) is 12.6 Å². The molecule has 4 saturated heterocycles. The van der Waals surface area contributed by atoms with Crippen molar-refractivity contribution >= 4 is 53.1 Å². The number of anilines is 2. The second kappa shape index (κ2) is 25.6. The molecule has 4 amide bonds. The molecule has 0 spiro atoms. The van der Waals surface area contributed by atoms with Crippen molar-refractivity contribution in [1.29, 1.82) is 0 Å². The molecule has 4 aromatic rings. The molecule has 6 fully saturated rings. The second-order valence-electron chi connectivity index (χ2n) is 21.6. The number of carbonyl (C=O) groups excluding carboxylic acids is 4. The highest BCUT2D eigenvalue weighted by atomic mass is 16.6. The number of carboxylic acids is 1. The van der Waals surface area contributed by atoms with Crippen LogP contribution in [0.3, 0.4) is 0 Å². The average Bonchev–Trinajstić information content (AvgIpc) is 4.20. The lowest BCUT2D eigenvalue weighted by molar-refractivity contribution is -0.140. The Morgan fingerprint density at radius 2 is 1.26 bits per heavy atom. The lowest BCUT2D eigenvalue weighted by Crippen LogP contribution is -2.52. The van der Waals surface area contributed by atoms with E-state index < -0.39 is 35.8 Å². The van der Waals surface area contributed by atoms with Crippen LogP contribution in [-0.2, 0) is 23.8 Å². The predicted molar refractivity (Wildman–Crippen MR) is 288 cm³/mol. The van der Waals surface area contributed by atoms with Gasteiger partial charge in [0, 0.05) is 74.4 Å². The van der Waals surface area contributed by atoms with E-state index in [-0.39, 0.29) is 56.8 Å². The number of likely N-dealkylation sites (tertiary alicyclic amines) is 1. The standard InChI is InChI=1S/C23H33N7O3.C21H32N6O2.C7H11NO4.2CH4/c1-14-12-30-19(25-21(14)28-10-8-16(24)13-28)11-17(27-30)18-5-3-4-9-29(18)22(31)20(15-6-7-15)26-23(32)33-2;1-14-12-27-18(11-17(25-27)16-7-5-6-9-22-16)24-19(14)26-10-8-15(13-26)23-20(28)29-21(2,3)4;1-12-7(11)8-5(6(9)10)4-2-3-4;;/h11-12,15-16,18,20H,3-10,13,24H2,1-2H3,(H,26,32);11-12,15-16,22H,5-10,13H2,1-4H3,(H,23,28);4-5H,2-3H2,1H3,(H,8,11)(H,9,10);2*1H4/t16-,18-,20-;15-,16-;5-;;/m000../s1. The summed E-state index contributed by atoms with van der Waals surface area (Å²) in [5.41, 5.74) is 11.3. The van der Waals surface area contributed by atoms with E-state index in [1.54, 1.807) is 0 Å². The van der Waals surface area contributed by atoms with Crippen LogP contribution in [0.25, 0.3) is 11.3 Å². The lowest BCUT2D eigenvalue weighted by atomic mass is 9.97. The second-order valence-corrected chi connectivity index (χ2v) is 21.6. The summed E-state index contributed by atoms with van der Waals surface area (Å²) in [4.78, 5) is 74.9. The van der Waals surface area contributed by atoms with Gasteiger partial charge >= 0.3 is 24.2 Å². The minimum absolute atomic E-state index is 0. The number of methoxy groups -OCH3 is 2. The summed E-state index contributed by atoms with van der Waals surface area (Å²) in [5.74, 6) is 1.15. The molecule has 76 heavy (non-hydrogen) atoms. The number of carbonyl (C=O) groups is 5. The third-order valence-electron chi connectivity index (χ3n) is 14.4. The van der Waals surface area contributed by atoms with E-state index in [4.69, 9.17) is 40.5 Å². The van der Waals surface area contributed by atoms with Crippen molar-refractivity contribution in [2.24, 2.45) is 17.6 Å². The molecule has 6 aliphatic rings. The van der Waals surface area contributed by atoms with Crippen LogP contribution in [0.5, 0.6) is 0 Å². The third kappa shape index (κ3) is 14.9. The SMILES string of the molecule is C.C.COC(=O)N[C@H](C(=O)N1CCCC[C@H]1c1cc2nc(N3CC[C@H](N)C3)c(C)cn2n1)C1CC1.COC(=O)N[C@H](C(=O)O)C1CC1.Cc1cn2nc([C@@H]3CCCCN3)cc2nc1N1CC[C@H](NC(=O)OC(C)(C)C)C1. The first-order valence-electron chi connectivity index (χ1n) is 26.3. The number of aromatic nitrogens is 6. The van der Waals surface area contributed by atoms with Crippen LogP contribution in [0.2, 0.25) is 0 Å². The Balaban J connectivity index is 0.000000200. The average molecular weight is 1060 g/mol. The van der Waals surface area contributed by atoms with Crippen LogP contribution in [-0.4, -0.2) is 153 Å². The molecular weight excluding hydrogens is 977 g/mol. The summed E-state index contributed by atoms with van der Waals surface area (Å²) in [6.07, 6.45) is 14.3. The Labute approximate surface area is 446 Å². The number of hydrogen-bond acceptors (Lipinski definition) is 16. The van der Waals surface area contributed by atoms with Gasteiger partial charge < -0.3 is 61.0 Å². The summed E-state index contributed by atoms with van der Waals surface area (Å²) >= 11 is 0. The van der Waals surface area contributed by atoms with E-state index in [9.17, 15) is 24.0 Å². The van der Waals surface area contributed by atoms with Gasteiger partial charge in [0.15, 0.2) is 11.3 Å². The number of alkyl carbamates (subject to hydrolysis) is 3. The lowest BCUT2D eigenvalue weighted by Gasteiger charge is -2.37. The van der Waals surface area contributed by atoms with E-state index in [1.165, 1.54) is 27.1 Å². The molecule has 4 aliphatic heterocycles. The Kier molecular flexibility index (Phi) is 19.8. The first-order chi connectivity index (χ1) is 35.4. The van der Waals surface area contributed by atoms with Crippen LogP contribution < -0.4 is 36.8 Å². The van der Waals surface area contributed by atoms with Gasteiger partial charge in [-0.2, -0.15) is 10.2 Å². The molecule has 2 saturated carbocycles. The fraction of sp³-hybridized carbons (Fsp3) is 0.679. The van der Waals surface area contributed by atoms with Gasteiger partial charge in [-0.15, -0.1) is 0 Å². The van der Waals surface area contributed by atoms with Crippen molar-refractivity contribution in [3.63, 3.8) is 0 Å². The Morgan fingerprint density at radius 1 is 0.711 bits per heavy atom. The summed E-state index contributed by atoms with van der Waals surface area (Å²) < 4.78 is 18.1. The highest BCUT2D eigenvalue weighted by molar-refractivity contribution is 5.87. The summed E-state index contributed by atoms with van der Waals surface area (Å²) in [7, 11) is 2.53. The largest absolute Gasteiger partial charge is 0.480 e. The number of nitrogens with two attached hydrogens (primary N) is 1. The van der Waals surface area contributed by atoms with E-state index >= 15 is 0 Å². The maximum atomic E-state index is 13.5. The molecule has 23 heteroatoms. The maximum Gasteiger partial charge on any atom is 0.407 e. The molecule has 420 valence electrons. The van der Waals surface area contributed by atoms with Gasteiger partial charge in [0.05, 0.1) is 43.7 Å². The summed E-state index contributed by atoms with van der Waals surface area (Å²) in [6, 6.07) is 3.21. The Morgan fingerprint density at radius 3 is 1.80 bits per heavy atom. The third-order valence-corrected chi connectivity index (χ3v) is 14.4. The summed E-state index contributed by atoms with van der Waals surface area (Å²) in [5, 5.41) is 29.8. The monoisotopic (exact) mass is 1060 g/mol. The molecule has 2 aliphatic carbocycles. The van der Waals surface area contributed by atoms with E-state index in [0.717, 1.165) is 142 Å². The van der Waals surface area contributed by atoms with Crippen LogP contribution in [0.15, 0.2) is 24.5 Å². The zero-order valence-electron chi connectivity index (χ0n) is 44.0. The number of hydrogen-bond donors (Lipinski definition) is 6. The fourth-order valence-corrected chi connectivity index (χ4v) is 10.3. The smallest absolute Gasteiger partial charge is 0.407 e. The van der Waals surface area contributed by atoms with Crippen LogP contribution in [0.1, 0.15) is 147 Å². The zero-order valence-corrected chi connectivity index (χ0v) is 44.0. The van der Waals surface area contributed by atoms with Crippen molar-refractivity contribution in [2.45, 2.75) is 168 Å². The van der Waals surface area contributed by atoms with Gasteiger partial charge in [0.25, 0.3) is 0 Å². The van der Waals surface area contributed by atoms with Gasteiger partial charge in [0.1, 0.15) is 29.3 Å². The topological polar surface area (TPSA) is 278 Å². The van der Waals surface area contributed by atoms with Gasteiger partial charge in [-0.25, -0.2) is 38.2 Å². The molecule has 0 bridgehead atoms. The first kappa shape index (κ1) is 58.8. The fourth-order valence-electron chi connectivity index (χ4n) is 10.3. The predicted octanol–water partition coefficient (Wildman–Crippen LogP) is 6.20. The molecule has 0 aromatic carbocycles. The van der Waals surface area contributed by atoms with E-state index in [2.05, 4.69) is 55.0 Å². The van der Waals surface area contributed by atoms with Gasteiger partial charge in [0.2, 0.25) is 5.91 Å². The number of aryl methyl sites for hydroxylation is 2. The van der Waals surface area contributed by atoms with Crippen LogP contribution in [0, 0.1) is 25.7 Å². The number of rotatable bonds is 11. The number of amides is 4. The van der Waals surface area contributed by atoms with E-state index in [1.807, 2.05) is 53.9 Å². The highest BCUT2D eigenvalue weighted by Gasteiger charge is 2.43. The molecule has 6 atom stereocenters. The molecule has 10 rings (SSSR count). The van der Waals surface area contributed by atoms with Crippen molar-refractivity contribution in [3.05, 3.63) is 47.0 Å².